The molecule has 1 atom stereocenters. The molecule has 1 aromatic carbocycles. The summed E-state index contributed by atoms with van der Waals surface area (Å²) in [6.45, 7) is 5.72. The maximum Gasteiger partial charge on any atom is 0.255 e. The molecular weight excluding hydrogens is 428 g/mol. The van der Waals surface area contributed by atoms with Crippen molar-refractivity contribution >= 4 is 5.91 Å². The number of nitriles is 1. The molecule has 3 aromatic rings. The molecule has 4 heterocycles. The van der Waals surface area contributed by atoms with Crippen LogP contribution in [0.25, 0.3) is 16.9 Å². The van der Waals surface area contributed by atoms with E-state index in [1.165, 1.54) is 17.5 Å². The Labute approximate surface area is 199 Å². The number of carbonyl (C=O) groups is 1. The largest absolute Gasteiger partial charge is 0.493 e. The van der Waals surface area contributed by atoms with E-state index in [-0.39, 0.29) is 11.8 Å². The topological polar surface area (TPSA) is 98.3 Å². The van der Waals surface area contributed by atoms with Crippen molar-refractivity contribution in [2.45, 2.75) is 38.6 Å². The van der Waals surface area contributed by atoms with Gasteiger partial charge in [-0.1, -0.05) is 6.07 Å². The van der Waals surface area contributed by atoms with Gasteiger partial charge in [-0.05, 0) is 81.1 Å². The summed E-state index contributed by atoms with van der Waals surface area (Å²) >= 11 is 0. The van der Waals surface area contributed by atoms with E-state index < -0.39 is 0 Å². The van der Waals surface area contributed by atoms with Gasteiger partial charge in [0.25, 0.3) is 5.91 Å². The first-order valence-electron chi connectivity index (χ1n) is 11.8. The number of aromatic hydroxyl groups is 1. The Kier molecular flexibility index (Phi) is 6.03. The first kappa shape index (κ1) is 22.1. The van der Waals surface area contributed by atoms with E-state index in [4.69, 9.17) is 5.26 Å². The van der Waals surface area contributed by atoms with Crippen molar-refractivity contribution in [3.8, 4) is 28.9 Å². The van der Waals surface area contributed by atoms with Crippen molar-refractivity contribution in [3.05, 3.63) is 59.4 Å². The molecule has 34 heavy (non-hydrogen) atoms. The van der Waals surface area contributed by atoms with Crippen LogP contribution in [-0.4, -0.2) is 67.8 Å². The minimum atomic E-state index is -0.0381. The number of amides is 1. The molecule has 2 fully saturated rings. The number of hydrogen-bond acceptors (Lipinski definition) is 6. The van der Waals surface area contributed by atoms with Gasteiger partial charge in [-0.2, -0.15) is 15.0 Å². The van der Waals surface area contributed by atoms with E-state index >= 15 is 0 Å². The summed E-state index contributed by atoms with van der Waals surface area (Å²) in [5, 5.41) is 24.2. The molecule has 8 nitrogen and oxygen atoms in total. The predicted molar refractivity (Wildman–Crippen MR) is 128 cm³/mol. The van der Waals surface area contributed by atoms with E-state index in [0.717, 1.165) is 50.1 Å². The standard InChI is InChI=1S/C26H28N6O2/c1-18-13-19(14-27)6-8-22(18)23-16-29-32(26(23)34)24-9-7-20(15-28-24)25(33)31-12-4-5-21(17-31)30-10-2-3-11-30/h6-9,13,15-16,21,34H,2-5,10-12,17H2,1H3/t21-/m1/s1. The highest BCUT2D eigenvalue weighted by molar-refractivity contribution is 5.94. The van der Waals surface area contributed by atoms with Gasteiger partial charge in [-0.3, -0.25) is 9.69 Å². The van der Waals surface area contributed by atoms with Crippen molar-refractivity contribution in [3.63, 3.8) is 0 Å². The number of hydrogen-bond donors (Lipinski definition) is 1. The quantitative estimate of drug-likeness (QED) is 0.645. The van der Waals surface area contributed by atoms with Crippen molar-refractivity contribution in [2.75, 3.05) is 26.2 Å². The van der Waals surface area contributed by atoms with E-state index in [9.17, 15) is 9.90 Å². The monoisotopic (exact) mass is 456 g/mol. The van der Waals surface area contributed by atoms with Gasteiger partial charge >= 0.3 is 0 Å². The highest BCUT2D eigenvalue weighted by Crippen LogP contribution is 2.33. The van der Waals surface area contributed by atoms with E-state index in [1.54, 1.807) is 42.7 Å². The van der Waals surface area contributed by atoms with Crippen LogP contribution in [-0.2, 0) is 0 Å². The number of carbonyl (C=O) groups excluding carboxylic acids is 1. The number of nitrogens with zero attached hydrogens (tertiary/aromatic N) is 6. The zero-order valence-corrected chi connectivity index (χ0v) is 19.3. The van der Waals surface area contributed by atoms with Crippen LogP contribution in [0.5, 0.6) is 5.88 Å². The number of pyridine rings is 1. The van der Waals surface area contributed by atoms with Crippen LogP contribution in [0.1, 0.15) is 47.2 Å². The maximum absolute atomic E-state index is 13.1. The minimum absolute atomic E-state index is 0.00142. The molecule has 174 valence electrons. The second-order valence-electron chi connectivity index (χ2n) is 9.13. The third kappa shape index (κ3) is 4.15. The minimum Gasteiger partial charge on any atom is -0.493 e. The highest BCUT2D eigenvalue weighted by Gasteiger charge is 2.29. The highest BCUT2D eigenvalue weighted by atomic mass is 16.3. The number of rotatable bonds is 4. The molecular formula is C26H28N6O2. The molecule has 0 bridgehead atoms. The molecule has 2 aromatic heterocycles. The van der Waals surface area contributed by atoms with Crippen LogP contribution in [0, 0.1) is 18.3 Å². The van der Waals surface area contributed by atoms with Crippen LogP contribution in [0.4, 0.5) is 0 Å². The van der Waals surface area contributed by atoms with Gasteiger partial charge in [-0.15, -0.1) is 0 Å². The lowest BCUT2D eigenvalue weighted by atomic mass is 10.0. The predicted octanol–water partition coefficient (Wildman–Crippen LogP) is 3.52. The molecule has 2 aliphatic heterocycles. The van der Waals surface area contributed by atoms with Crippen molar-refractivity contribution in [1.82, 2.24) is 24.6 Å². The number of likely N-dealkylation sites (tertiary alicyclic amines) is 2. The summed E-state index contributed by atoms with van der Waals surface area (Å²) in [4.78, 5) is 22.0. The average molecular weight is 457 g/mol. The summed E-state index contributed by atoms with van der Waals surface area (Å²) in [5.41, 5.74) is 3.34. The molecule has 2 aliphatic rings. The Morgan fingerprint density at radius 3 is 2.62 bits per heavy atom. The van der Waals surface area contributed by atoms with E-state index in [1.807, 2.05) is 11.8 Å². The van der Waals surface area contributed by atoms with Gasteiger partial charge in [0.1, 0.15) is 0 Å². The van der Waals surface area contributed by atoms with Crippen LogP contribution >= 0.6 is 0 Å². The maximum atomic E-state index is 13.1. The Balaban J connectivity index is 1.33. The number of aromatic nitrogens is 3. The second kappa shape index (κ2) is 9.27. The lowest BCUT2D eigenvalue weighted by molar-refractivity contribution is 0.0607. The summed E-state index contributed by atoms with van der Waals surface area (Å²) in [6.07, 6.45) is 7.82. The molecule has 5 rings (SSSR count). The van der Waals surface area contributed by atoms with E-state index in [0.29, 0.717) is 28.6 Å². The fourth-order valence-electron chi connectivity index (χ4n) is 5.10. The molecule has 0 unspecified atom stereocenters. The zero-order valence-electron chi connectivity index (χ0n) is 19.3. The van der Waals surface area contributed by atoms with Crippen molar-refractivity contribution < 1.29 is 9.90 Å². The van der Waals surface area contributed by atoms with Crippen molar-refractivity contribution in [2.24, 2.45) is 0 Å². The third-order valence-corrected chi connectivity index (χ3v) is 6.94. The number of piperidine rings is 1. The Hall–Kier alpha value is -3.70. The first-order chi connectivity index (χ1) is 16.5. The Morgan fingerprint density at radius 1 is 1.09 bits per heavy atom. The second-order valence-corrected chi connectivity index (χ2v) is 9.13. The lowest BCUT2D eigenvalue weighted by Crippen LogP contribution is -2.49. The molecule has 1 N–H and O–H groups in total. The summed E-state index contributed by atoms with van der Waals surface area (Å²) in [6, 6.07) is 11.3. The number of benzene rings is 1. The molecule has 0 aliphatic carbocycles. The van der Waals surface area contributed by atoms with Gasteiger partial charge in [-0.25, -0.2) is 4.98 Å². The third-order valence-electron chi connectivity index (χ3n) is 6.94. The molecule has 0 radical (unpaired) electrons. The molecule has 0 spiro atoms. The summed E-state index contributed by atoms with van der Waals surface area (Å²) < 4.78 is 1.35. The van der Waals surface area contributed by atoms with Crippen LogP contribution < -0.4 is 0 Å². The van der Waals surface area contributed by atoms with E-state index in [2.05, 4.69) is 21.1 Å². The normalized spacial score (nSPS) is 18.7. The van der Waals surface area contributed by atoms with Gasteiger partial charge in [0, 0.05) is 25.3 Å². The average Bonchev–Trinajstić information content (AvgIpc) is 3.54. The van der Waals surface area contributed by atoms with Crippen LogP contribution in [0.15, 0.2) is 42.7 Å². The fraction of sp³-hybridized carbons (Fsp3) is 0.385. The molecule has 0 saturated carbocycles. The fourth-order valence-corrected chi connectivity index (χ4v) is 5.10. The van der Waals surface area contributed by atoms with Gasteiger partial charge in [0.15, 0.2) is 5.82 Å². The van der Waals surface area contributed by atoms with Gasteiger partial charge in [0.2, 0.25) is 5.88 Å². The molecule has 8 heteroatoms. The molecule has 1 amide bonds. The van der Waals surface area contributed by atoms with Crippen LogP contribution in [0.2, 0.25) is 0 Å². The zero-order chi connectivity index (χ0) is 23.7. The molecule has 2 saturated heterocycles. The van der Waals surface area contributed by atoms with Crippen LogP contribution in [0.3, 0.4) is 0 Å². The Morgan fingerprint density at radius 2 is 1.91 bits per heavy atom. The summed E-state index contributed by atoms with van der Waals surface area (Å²) in [5.74, 6) is 0.394. The van der Waals surface area contributed by atoms with Gasteiger partial charge < -0.3 is 10.0 Å². The first-order valence-corrected chi connectivity index (χ1v) is 11.8. The Bertz CT molecular complexity index is 1240. The SMILES string of the molecule is Cc1cc(C#N)ccc1-c1cnn(-c2ccc(C(=O)N3CCC[C@@H](N4CCCC4)C3)cn2)c1O. The lowest BCUT2D eigenvalue weighted by Gasteiger charge is -2.37. The smallest absolute Gasteiger partial charge is 0.255 e. The van der Waals surface area contributed by atoms with Gasteiger partial charge in [0.05, 0.1) is 29.0 Å². The number of aryl methyl sites for hydroxylation is 1. The summed E-state index contributed by atoms with van der Waals surface area (Å²) in [7, 11) is 0. The van der Waals surface area contributed by atoms with Crippen molar-refractivity contribution in [1.29, 1.82) is 5.26 Å².